The quantitative estimate of drug-likeness (QED) is 0.208. The monoisotopic (exact) mass is 564 g/mol. The number of phosphoric ester groups is 1. The van der Waals surface area contributed by atoms with E-state index >= 15 is 0 Å². The number of benzene rings is 2. The summed E-state index contributed by atoms with van der Waals surface area (Å²) < 4.78 is 32.3. The van der Waals surface area contributed by atoms with Crippen molar-refractivity contribution in [2.24, 2.45) is 0 Å². The summed E-state index contributed by atoms with van der Waals surface area (Å²) in [6.45, 7) is 27.7. The van der Waals surface area contributed by atoms with Crippen molar-refractivity contribution < 1.29 is 18.1 Å². The molecular formula is C33H46AlO4P. The molecule has 0 aliphatic carbocycles. The number of rotatable bonds is 2. The molecule has 39 heavy (non-hydrogen) atoms. The third-order valence-corrected chi connectivity index (χ3v) is 8.95. The first-order valence-electron chi connectivity index (χ1n) is 13.7. The van der Waals surface area contributed by atoms with E-state index in [1.165, 1.54) is 11.1 Å². The zero-order valence-corrected chi connectivity index (χ0v) is 28.3. The first-order valence-corrected chi connectivity index (χ1v) is 15.7. The maximum Gasteiger partial charge on any atom is 0.587 e. The van der Waals surface area contributed by atoms with Gasteiger partial charge in [0.2, 0.25) is 0 Å². The molecule has 210 valence electrons. The minimum atomic E-state index is -4.26. The van der Waals surface area contributed by atoms with E-state index in [-0.39, 0.29) is 21.7 Å². The number of phosphoric acid groups is 1. The lowest BCUT2D eigenvalue weighted by atomic mass is 9.76. The minimum absolute atomic E-state index is 0.0944. The molecular weight excluding hydrogens is 518 g/mol. The second-order valence-corrected chi connectivity index (χ2v) is 17.7. The van der Waals surface area contributed by atoms with E-state index < -0.39 is 12.3 Å². The maximum atomic E-state index is 14.7. The van der Waals surface area contributed by atoms with Crippen LogP contribution in [-0.2, 0) is 37.2 Å². The average molecular weight is 565 g/mol. The van der Waals surface area contributed by atoms with Gasteiger partial charge in [-0.3, -0.25) is 4.52 Å². The molecule has 0 saturated heterocycles. The molecule has 0 bridgehead atoms. The number of hydrogen-bond donors (Lipinski definition) is 0. The highest BCUT2D eigenvalue weighted by Gasteiger charge is 2.43. The fourth-order valence-corrected chi connectivity index (χ4v) is 6.47. The van der Waals surface area contributed by atoms with Gasteiger partial charge in [-0.1, -0.05) is 113 Å². The van der Waals surface area contributed by atoms with Gasteiger partial charge in [-0.2, -0.15) is 0 Å². The highest BCUT2D eigenvalue weighted by Crippen LogP contribution is 2.58. The summed E-state index contributed by atoms with van der Waals surface area (Å²) in [6, 6.07) is 8.70. The van der Waals surface area contributed by atoms with Crippen LogP contribution >= 0.6 is 7.82 Å². The van der Waals surface area contributed by atoms with Gasteiger partial charge in [0.15, 0.2) is 16.3 Å². The van der Waals surface area contributed by atoms with Crippen LogP contribution in [0.4, 0.5) is 0 Å². The Bertz CT molecular complexity index is 1270. The largest absolute Gasteiger partial charge is 0.587 e. The molecule has 4 nitrogen and oxygen atoms in total. The van der Waals surface area contributed by atoms with Crippen LogP contribution in [0, 0.1) is 12.3 Å². The zero-order chi connectivity index (χ0) is 30.0. The van der Waals surface area contributed by atoms with Crippen LogP contribution < -0.4 is 9.05 Å². The van der Waals surface area contributed by atoms with Gasteiger partial charge < -0.3 is 9.05 Å². The molecule has 0 N–H and O–H groups in total. The van der Waals surface area contributed by atoms with Gasteiger partial charge >= 0.3 is 7.82 Å². The molecule has 0 amide bonds. The Kier molecular flexibility index (Phi) is 8.16. The Morgan fingerprint density at radius 2 is 1.08 bits per heavy atom. The van der Waals surface area contributed by atoms with Crippen molar-refractivity contribution in [3.8, 4) is 23.8 Å². The van der Waals surface area contributed by atoms with Gasteiger partial charge in [-0.05, 0) is 50.8 Å². The molecule has 1 atom stereocenters. The summed E-state index contributed by atoms with van der Waals surface area (Å²) in [5.41, 5.74) is 5.43. The summed E-state index contributed by atoms with van der Waals surface area (Å²) in [6.07, 6.45) is 6.31. The Hall–Kier alpha value is -1.68. The van der Waals surface area contributed by atoms with Crippen molar-refractivity contribution in [1.29, 1.82) is 0 Å². The standard InChI is InChI=1S/C33H46O4P.Al/c1-15-21(2)35-38(34)36-28-22(17-24(30(3,4)5)19-26(28)32(9,10)11)16-23-18-25(31(6,7)8)20-27(29(23)37-38)33(12,13)14;/h1,17-20H,16H2,2-14H3;. The first kappa shape index (κ1) is 31.8. The second kappa shape index (κ2) is 10.00. The summed E-state index contributed by atoms with van der Waals surface area (Å²) in [7, 11) is -4.26. The van der Waals surface area contributed by atoms with Crippen molar-refractivity contribution in [3.63, 3.8) is 0 Å². The predicted molar refractivity (Wildman–Crippen MR) is 163 cm³/mol. The predicted octanol–water partition coefficient (Wildman–Crippen LogP) is 8.88. The van der Waals surface area contributed by atoms with Gasteiger partial charge in [0.05, 0.1) is 4.46 Å². The van der Waals surface area contributed by atoms with Crippen LogP contribution in [0.15, 0.2) is 24.3 Å². The topological polar surface area (TPSA) is 44.8 Å². The molecule has 2 aromatic rings. The van der Waals surface area contributed by atoms with Crippen molar-refractivity contribution >= 4 is 24.1 Å². The fraction of sp³-hybridized carbons (Fsp3) is 0.576. The summed E-state index contributed by atoms with van der Waals surface area (Å²) in [5, 5.41) is 0. The molecule has 2 radical (unpaired) electrons. The normalized spacial score (nSPS) is 17.3. The van der Waals surface area contributed by atoms with E-state index in [4.69, 9.17) is 20.0 Å². The van der Waals surface area contributed by atoms with Gasteiger partial charge in [0.25, 0.3) is 0 Å². The highest BCUT2D eigenvalue weighted by molar-refractivity contribution is 7.49. The molecule has 6 heteroatoms. The molecule has 1 heterocycles. The lowest BCUT2D eigenvalue weighted by Gasteiger charge is -2.36. The highest BCUT2D eigenvalue weighted by atomic mass is 31.2. The third-order valence-electron chi connectivity index (χ3n) is 7.05. The zero-order valence-electron chi connectivity index (χ0n) is 26.3. The molecule has 2 aromatic carbocycles. The lowest BCUT2D eigenvalue weighted by molar-refractivity contribution is 0.160. The maximum absolute atomic E-state index is 14.7. The van der Waals surface area contributed by atoms with Gasteiger partial charge in [-0.25, -0.2) is 4.57 Å². The minimum Gasteiger partial charge on any atom is -0.394 e. The van der Waals surface area contributed by atoms with Crippen LogP contribution in [0.25, 0.3) is 0 Å². The molecule has 0 saturated carbocycles. The Morgan fingerprint density at radius 3 is 1.36 bits per heavy atom. The Balaban J connectivity index is 2.51. The first-order chi connectivity index (χ1) is 17.4. The molecule has 1 aliphatic heterocycles. The van der Waals surface area contributed by atoms with Crippen LogP contribution in [0.5, 0.6) is 11.5 Å². The van der Waals surface area contributed by atoms with Crippen molar-refractivity contribution in [1.82, 2.24) is 0 Å². The Morgan fingerprint density at radius 1 is 0.718 bits per heavy atom. The summed E-state index contributed by atoms with van der Waals surface area (Å²) in [4.78, 5) is 0. The smallest absolute Gasteiger partial charge is 0.394 e. The van der Waals surface area contributed by atoms with E-state index in [2.05, 4.69) is 130 Å². The average Bonchev–Trinajstić information content (AvgIpc) is 2.71. The number of hydrogen-bond acceptors (Lipinski definition) is 4. The van der Waals surface area contributed by atoms with Gasteiger partial charge in [0, 0.05) is 17.5 Å². The van der Waals surface area contributed by atoms with E-state index in [0.29, 0.717) is 17.9 Å². The SMILES string of the molecule is C#C[C](C)([Al])OP1(=O)Oc2c(cc(C(C)(C)C)cc2C(C)(C)C)Cc2cc(C(C)(C)C)cc(C(C)(C)C)c2O1. The van der Waals surface area contributed by atoms with E-state index in [0.717, 1.165) is 22.3 Å². The van der Waals surface area contributed by atoms with Crippen LogP contribution in [-0.4, -0.2) is 20.8 Å². The van der Waals surface area contributed by atoms with Crippen molar-refractivity contribution in [3.05, 3.63) is 57.6 Å². The molecule has 1 unspecified atom stereocenters. The van der Waals surface area contributed by atoms with Crippen molar-refractivity contribution in [2.75, 3.05) is 0 Å². The Labute approximate surface area is 245 Å². The lowest BCUT2D eigenvalue weighted by Crippen LogP contribution is -2.29. The van der Waals surface area contributed by atoms with Gasteiger partial charge in [0.1, 0.15) is 11.5 Å². The number of terminal acetylenes is 1. The molecule has 3 rings (SSSR count). The fourth-order valence-electron chi connectivity index (χ4n) is 4.58. The second-order valence-electron chi connectivity index (χ2n) is 15.2. The van der Waals surface area contributed by atoms with Crippen LogP contribution in [0.2, 0.25) is 0 Å². The summed E-state index contributed by atoms with van der Waals surface area (Å²) in [5.74, 6) is 3.64. The van der Waals surface area contributed by atoms with Crippen LogP contribution in [0.3, 0.4) is 0 Å². The van der Waals surface area contributed by atoms with Crippen molar-refractivity contribution in [2.45, 2.75) is 123 Å². The van der Waals surface area contributed by atoms with E-state index in [9.17, 15) is 4.57 Å². The molecule has 0 aromatic heterocycles. The summed E-state index contributed by atoms with van der Waals surface area (Å²) >= 11 is 2.44. The van der Waals surface area contributed by atoms with Crippen LogP contribution in [0.1, 0.15) is 123 Å². The van der Waals surface area contributed by atoms with E-state index in [1.54, 1.807) is 6.92 Å². The van der Waals surface area contributed by atoms with Gasteiger partial charge in [-0.15, -0.1) is 6.42 Å². The molecule has 0 fully saturated rings. The molecule has 1 aliphatic rings. The van der Waals surface area contributed by atoms with E-state index in [1.807, 2.05) is 0 Å². The number of fused-ring (bicyclic) bond motifs is 2. The molecule has 0 spiro atoms. The third kappa shape index (κ3) is 7.16.